The van der Waals surface area contributed by atoms with Crippen LogP contribution in [-0.2, 0) is 11.3 Å². The number of hydrazone groups is 1. The van der Waals surface area contributed by atoms with E-state index in [2.05, 4.69) is 22.0 Å². The predicted molar refractivity (Wildman–Crippen MR) is 104 cm³/mol. The summed E-state index contributed by atoms with van der Waals surface area (Å²) < 4.78 is 7.95. The molecule has 0 aliphatic carbocycles. The van der Waals surface area contributed by atoms with E-state index < -0.39 is 5.91 Å². The van der Waals surface area contributed by atoms with Gasteiger partial charge in [0.25, 0.3) is 5.91 Å². The summed E-state index contributed by atoms with van der Waals surface area (Å²) in [6.07, 6.45) is 4.13. The van der Waals surface area contributed by atoms with Crippen LogP contribution < -0.4 is 5.43 Å². The Bertz CT molecular complexity index is 840. The Balaban J connectivity index is 1.68. The van der Waals surface area contributed by atoms with Crippen molar-refractivity contribution >= 4 is 35.3 Å². The normalized spacial score (nSPS) is 17.2. The van der Waals surface area contributed by atoms with Gasteiger partial charge in [-0.3, -0.25) is 4.79 Å². The SMILES string of the molecule is Cc1cc(/C=N\NC(=O)c2cc(Cl)ccc2Cl)c(C)n1C[C@H]1CCCO1. The van der Waals surface area contributed by atoms with E-state index in [9.17, 15) is 4.79 Å². The number of carbonyl (C=O) groups is 1. The van der Waals surface area contributed by atoms with Gasteiger partial charge in [-0.05, 0) is 51.0 Å². The predicted octanol–water partition coefficient (Wildman–Crippen LogP) is 4.35. The number of halogens is 2. The van der Waals surface area contributed by atoms with E-state index >= 15 is 0 Å². The first-order chi connectivity index (χ1) is 12.5. The Morgan fingerprint density at radius 1 is 1.38 bits per heavy atom. The first kappa shape index (κ1) is 19.0. The van der Waals surface area contributed by atoms with Gasteiger partial charge in [-0.1, -0.05) is 23.2 Å². The van der Waals surface area contributed by atoms with E-state index in [-0.39, 0.29) is 6.10 Å². The van der Waals surface area contributed by atoms with Crippen LogP contribution in [-0.4, -0.2) is 29.4 Å². The zero-order valence-corrected chi connectivity index (χ0v) is 16.3. The molecule has 7 heteroatoms. The summed E-state index contributed by atoms with van der Waals surface area (Å²) >= 11 is 11.9. The molecule has 0 bridgehead atoms. The molecule has 138 valence electrons. The lowest BCUT2D eigenvalue weighted by Crippen LogP contribution is -2.18. The summed E-state index contributed by atoms with van der Waals surface area (Å²) in [5.41, 5.74) is 5.98. The maximum absolute atomic E-state index is 12.2. The quantitative estimate of drug-likeness (QED) is 0.605. The molecule has 2 aromatic rings. The number of amides is 1. The molecule has 5 nitrogen and oxygen atoms in total. The number of hydrogen-bond acceptors (Lipinski definition) is 3. The summed E-state index contributed by atoms with van der Waals surface area (Å²) in [7, 11) is 0. The van der Waals surface area contributed by atoms with Gasteiger partial charge in [-0.25, -0.2) is 5.43 Å². The Hall–Kier alpha value is -1.82. The second-order valence-corrected chi connectivity index (χ2v) is 7.24. The summed E-state index contributed by atoms with van der Waals surface area (Å²) in [6.45, 7) is 5.79. The maximum Gasteiger partial charge on any atom is 0.272 e. The number of ether oxygens (including phenoxy) is 1. The van der Waals surface area contributed by atoms with Gasteiger partial charge in [0.05, 0.1) is 22.9 Å². The lowest BCUT2D eigenvalue weighted by Gasteiger charge is -2.14. The minimum Gasteiger partial charge on any atom is -0.376 e. The van der Waals surface area contributed by atoms with Crippen molar-refractivity contribution in [3.63, 3.8) is 0 Å². The molecule has 1 aliphatic rings. The van der Waals surface area contributed by atoms with Gasteiger partial charge in [-0.15, -0.1) is 0 Å². The van der Waals surface area contributed by atoms with Crippen LogP contribution >= 0.6 is 23.2 Å². The second-order valence-electron chi connectivity index (χ2n) is 6.40. The van der Waals surface area contributed by atoms with Gasteiger partial charge in [0.1, 0.15) is 0 Å². The molecular weight excluding hydrogens is 373 g/mol. The molecule has 26 heavy (non-hydrogen) atoms. The van der Waals surface area contributed by atoms with Crippen LogP contribution in [0.15, 0.2) is 29.4 Å². The number of rotatable bonds is 5. The number of benzene rings is 1. The van der Waals surface area contributed by atoms with E-state index in [1.54, 1.807) is 18.3 Å². The standard InChI is InChI=1S/C19H21Cl2N3O2/c1-12-8-14(13(2)24(12)11-16-4-3-7-26-16)10-22-23-19(25)17-9-15(20)5-6-18(17)21/h5-6,8-10,16H,3-4,7,11H2,1-2H3,(H,23,25)/b22-10-/t16-/m1/s1. The van der Waals surface area contributed by atoms with E-state index in [0.717, 1.165) is 42.9 Å². The van der Waals surface area contributed by atoms with Gasteiger partial charge in [-0.2, -0.15) is 5.10 Å². The molecule has 1 fully saturated rings. The smallest absolute Gasteiger partial charge is 0.272 e. The van der Waals surface area contributed by atoms with Crippen LogP contribution in [0.25, 0.3) is 0 Å². The number of nitrogens with zero attached hydrogens (tertiary/aromatic N) is 2. The van der Waals surface area contributed by atoms with E-state index in [0.29, 0.717) is 15.6 Å². The molecule has 1 aromatic heterocycles. The first-order valence-electron chi connectivity index (χ1n) is 8.52. The molecule has 1 atom stereocenters. The molecule has 2 heterocycles. The van der Waals surface area contributed by atoms with Crippen molar-refractivity contribution in [2.45, 2.75) is 39.3 Å². The van der Waals surface area contributed by atoms with Crippen LogP contribution in [0.3, 0.4) is 0 Å². The van der Waals surface area contributed by atoms with E-state index in [1.165, 1.54) is 6.07 Å². The fourth-order valence-corrected chi connectivity index (χ4v) is 3.50. The summed E-state index contributed by atoms with van der Waals surface area (Å²) in [4.78, 5) is 12.2. The highest BCUT2D eigenvalue weighted by Gasteiger charge is 2.18. The molecule has 1 saturated heterocycles. The molecule has 1 N–H and O–H groups in total. The number of nitrogens with one attached hydrogen (secondary N) is 1. The van der Waals surface area contributed by atoms with Crippen molar-refractivity contribution in [3.8, 4) is 0 Å². The monoisotopic (exact) mass is 393 g/mol. The van der Waals surface area contributed by atoms with Crippen LogP contribution in [0.1, 0.15) is 40.2 Å². The number of aromatic nitrogens is 1. The van der Waals surface area contributed by atoms with Crippen molar-refractivity contribution in [2.75, 3.05) is 6.61 Å². The Morgan fingerprint density at radius 2 is 2.19 bits per heavy atom. The van der Waals surface area contributed by atoms with Crippen molar-refractivity contribution in [3.05, 3.63) is 56.8 Å². The minimum absolute atomic E-state index is 0.272. The molecule has 1 aliphatic heterocycles. The fraction of sp³-hybridized carbons (Fsp3) is 0.368. The van der Waals surface area contributed by atoms with Crippen LogP contribution in [0.4, 0.5) is 0 Å². The highest BCUT2D eigenvalue weighted by atomic mass is 35.5. The molecule has 0 spiro atoms. The van der Waals surface area contributed by atoms with Crippen molar-refractivity contribution in [2.24, 2.45) is 5.10 Å². The van der Waals surface area contributed by atoms with Gasteiger partial charge < -0.3 is 9.30 Å². The summed E-state index contributed by atoms with van der Waals surface area (Å²) in [6, 6.07) is 6.78. The maximum atomic E-state index is 12.2. The first-order valence-corrected chi connectivity index (χ1v) is 9.28. The lowest BCUT2D eigenvalue weighted by atomic mass is 10.2. The molecule has 0 unspecified atom stereocenters. The third-order valence-electron chi connectivity index (χ3n) is 4.57. The minimum atomic E-state index is -0.401. The zero-order chi connectivity index (χ0) is 18.7. The highest BCUT2D eigenvalue weighted by molar-refractivity contribution is 6.35. The van der Waals surface area contributed by atoms with Crippen molar-refractivity contribution in [1.82, 2.24) is 9.99 Å². The number of hydrogen-bond donors (Lipinski definition) is 1. The lowest BCUT2D eigenvalue weighted by molar-refractivity contribution is 0.0954. The average molecular weight is 394 g/mol. The molecular formula is C19H21Cl2N3O2. The Labute approximate surface area is 162 Å². The molecule has 0 radical (unpaired) electrons. The largest absolute Gasteiger partial charge is 0.376 e. The van der Waals surface area contributed by atoms with Gasteiger partial charge in [0, 0.05) is 35.1 Å². The van der Waals surface area contributed by atoms with Crippen LogP contribution in [0.5, 0.6) is 0 Å². The Morgan fingerprint density at radius 3 is 2.92 bits per heavy atom. The van der Waals surface area contributed by atoms with E-state index in [1.807, 2.05) is 13.0 Å². The topological polar surface area (TPSA) is 55.6 Å². The molecule has 1 aromatic carbocycles. The molecule has 0 saturated carbocycles. The van der Waals surface area contributed by atoms with Gasteiger partial charge in [0.15, 0.2) is 0 Å². The second kappa shape index (κ2) is 8.25. The van der Waals surface area contributed by atoms with Crippen molar-refractivity contribution in [1.29, 1.82) is 0 Å². The number of aryl methyl sites for hydroxylation is 1. The average Bonchev–Trinajstić information content (AvgIpc) is 3.21. The van der Waals surface area contributed by atoms with E-state index in [4.69, 9.17) is 27.9 Å². The third-order valence-corrected chi connectivity index (χ3v) is 5.13. The number of carbonyl (C=O) groups excluding carboxylic acids is 1. The molecule has 3 rings (SSSR count). The third kappa shape index (κ3) is 4.29. The van der Waals surface area contributed by atoms with Gasteiger partial charge >= 0.3 is 0 Å². The van der Waals surface area contributed by atoms with Crippen LogP contribution in [0.2, 0.25) is 10.0 Å². The Kier molecular flexibility index (Phi) is 6.01. The highest BCUT2D eigenvalue weighted by Crippen LogP contribution is 2.21. The molecule has 1 amide bonds. The van der Waals surface area contributed by atoms with Crippen LogP contribution in [0, 0.1) is 13.8 Å². The van der Waals surface area contributed by atoms with Gasteiger partial charge in [0.2, 0.25) is 0 Å². The zero-order valence-electron chi connectivity index (χ0n) is 14.8. The fourth-order valence-electron chi connectivity index (χ4n) is 3.12. The summed E-state index contributed by atoms with van der Waals surface area (Å²) in [5, 5.41) is 4.84. The van der Waals surface area contributed by atoms with Crippen molar-refractivity contribution < 1.29 is 9.53 Å². The summed E-state index contributed by atoms with van der Waals surface area (Å²) in [5.74, 6) is -0.401.